The second-order valence-corrected chi connectivity index (χ2v) is 8.37. The lowest BCUT2D eigenvalue weighted by molar-refractivity contribution is -0.203. The highest BCUT2D eigenvalue weighted by Crippen LogP contribution is 2.21. The Kier molecular flexibility index (Phi) is 12.3. The minimum absolute atomic E-state index is 0.190. The molecule has 0 saturated carbocycles. The summed E-state index contributed by atoms with van der Waals surface area (Å²) < 4.78 is 31.8. The number of hydrogen-bond donors (Lipinski definition) is 0. The normalized spacial score (nSPS) is 13.4. The van der Waals surface area contributed by atoms with E-state index in [0.717, 1.165) is 27.7 Å². The molecule has 0 aliphatic rings. The topological polar surface area (TPSA) is 158 Å². The highest BCUT2D eigenvalue weighted by atomic mass is 16.6. The molecule has 0 saturated heterocycles. The quantitative estimate of drug-likeness (QED) is 0.262. The molecule has 4 atom stereocenters. The van der Waals surface area contributed by atoms with E-state index in [1.807, 2.05) is 0 Å². The van der Waals surface area contributed by atoms with Crippen LogP contribution in [0.25, 0.3) is 0 Å². The van der Waals surface area contributed by atoms with Gasteiger partial charge >= 0.3 is 35.8 Å². The molecule has 0 aromatic heterocycles. The number of carbonyl (C=O) groups is 6. The first-order valence-electron chi connectivity index (χ1n) is 12.1. The lowest BCUT2D eigenvalue weighted by Gasteiger charge is -2.35. The molecule has 0 bridgehead atoms. The number of hydrogen-bond acceptors (Lipinski definition) is 12. The van der Waals surface area contributed by atoms with Crippen LogP contribution in [0, 0.1) is 0 Å². The summed E-state index contributed by atoms with van der Waals surface area (Å²) in [6, 6.07) is 15.8. The standard InChI is InChI=1S/C28H30O12/c1-17(29)37-23(15-35-27(33)21-11-7-5-8-12-21)25(39-19(3)31)26(40-20(4)32)24(38-18(2)30)16-36-28(34)22-13-9-6-10-14-22/h5-14,23-26H,15-16H2,1-4H3/t23-,24-,25-,26-/m1/s1. The maximum absolute atomic E-state index is 12.5. The molecule has 0 radical (unpaired) electrons. The van der Waals surface area contributed by atoms with Gasteiger partial charge in [0.25, 0.3) is 0 Å². The predicted octanol–water partition coefficient (Wildman–Crippen LogP) is 2.43. The minimum Gasteiger partial charge on any atom is -0.458 e. The molecule has 214 valence electrons. The number of rotatable bonds is 13. The summed E-state index contributed by atoms with van der Waals surface area (Å²) in [5.74, 6) is -5.04. The SMILES string of the molecule is CC(=O)O[C@@H]([C@H](OC(C)=O)[C@@H](COC(=O)c1ccccc1)OC(C)=O)[C@@H](COC(=O)c1ccccc1)OC(C)=O. The lowest BCUT2D eigenvalue weighted by Crippen LogP contribution is -2.54. The van der Waals surface area contributed by atoms with Gasteiger partial charge in [0.1, 0.15) is 13.2 Å². The van der Waals surface area contributed by atoms with Crippen LogP contribution in [-0.4, -0.2) is 73.4 Å². The molecule has 0 amide bonds. The fourth-order valence-corrected chi connectivity index (χ4v) is 3.54. The molecule has 2 aromatic rings. The van der Waals surface area contributed by atoms with Gasteiger partial charge < -0.3 is 28.4 Å². The fourth-order valence-electron chi connectivity index (χ4n) is 3.54. The molecule has 40 heavy (non-hydrogen) atoms. The molecule has 0 aliphatic carbocycles. The van der Waals surface area contributed by atoms with Crippen molar-refractivity contribution >= 4 is 35.8 Å². The van der Waals surface area contributed by atoms with E-state index >= 15 is 0 Å². The minimum atomic E-state index is -1.66. The zero-order valence-corrected chi connectivity index (χ0v) is 22.4. The van der Waals surface area contributed by atoms with Crippen LogP contribution in [0.3, 0.4) is 0 Å². The maximum Gasteiger partial charge on any atom is 0.338 e. The Morgan fingerprint density at radius 2 is 0.800 bits per heavy atom. The van der Waals surface area contributed by atoms with E-state index in [9.17, 15) is 28.8 Å². The molecule has 2 aromatic carbocycles. The Hall–Kier alpha value is -4.74. The second kappa shape index (κ2) is 15.6. The molecule has 12 nitrogen and oxygen atoms in total. The van der Waals surface area contributed by atoms with Gasteiger partial charge in [-0.25, -0.2) is 9.59 Å². The molecule has 0 heterocycles. The first kappa shape index (κ1) is 31.5. The van der Waals surface area contributed by atoms with Crippen LogP contribution >= 0.6 is 0 Å². The zero-order chi connectivity index (χ0) is 29.7. The van der Waals surface area contributed by atoms with Gasteiger partial charge in [0, 0.05) is 27.7 Å². The molecule has 0 fully saturated rings. The lowest BCUT2D eigenvalue weighted by atomic mass is 10.0. The van der Waals surface area contributed by atoms with Crippen LogP contribution in [0.4, 0.5) is 0 Å². The van der Waals surface area contributed by atoms with E-state index in [1.54, 1.807) is 36.4 Å². The van der Waals surface area contributed by atoms with Crippen LogP contribution in [0.15, 0.2) is 60.7 Å². The van der Waals surface area contributed by atoms with Crippen molar-refractivity contribution in [2.75, 3.05) is 13.2 Å². The van der Waals surface area contributed by atoms with Gasteiger partial charge in [-0.1, -0.05) is 36.4 Å². The van der Waals surface area contributed by atoms with E-state index in [1.165, 1.54) is 24.3 Å². The average Bonchev–Trinajstić information content (AvgIpc) is 2.91. The van der Waals surface area contributed by atoms with Crippen molar-refractivity contribution in [3.63, 3.8) is 0 Å². The number of ether oxygens (including phenoxy) is 6. The van der Waals surface area contributed by atoms with Gasteiger partial charge in [-0.15, -0.1) is 0 Å². The van der Waals surface area contributed by atoms with E-state index in [0.29, 0.717) is 0 Å². The third-order valence-corrected chi connectivity index (χ3v) is 5.07. The Morgan fingerprint density at radius 3 is 1.07 bits per heavy atom. The highest BCUT2D eigenvalue weighted by molar-refractivity contribution is 5.89. The molecule has 12 heteroatoms. The summed E-state index contributed by atoms with van der Waals surface area (Å²) in [5.41, 5.74) is 0.380. The van der Waals surface area contributed by atoms with Crippen molar-refractivity contribution in [2.24, 2.45) is 0 Å². The third kappa shape index (κ3) is 10.6. The van der Waals surface area contributed by atoms with Crippen molar-refractivity contribution in [3.05, 3.63) is 71.8 Å². The smallest absolute Gasteiger partial charge is 0.338 e. The largest absolute Gasteiger partial charge is 0.458 e. The first-order valence-corrected chi connectivity index (χ1v) is 12.1. The van der Waals surface area contributed by atoms with E-state index in [4.69, 9.17) is 28.4 Å². The van der Waals surface area contributed by atoms with Crippen LogP contribution in [0.1, 0.15) is 48.4 Å². The van der Waals surface area contributed by atoms with Gasteiger partial charge in [-0.2, -0.15) is 0 Å². The van der Waals surface area contributed by atoms with Gasteiger partial charge in [-0.3, -0.25) is 19.2 Å². The van der Waals surface area contributed by atoms with Crippen molar-refractivity contribution < 1.29 is 57.2 Å². The maximum atomic E-state index is 12.5. The number of esters is 6. The molecule has 2 rings (SSSR count). The predicted molar refractivity (Wildman–Crippen MR) is 136 cm³/mol. The summed E-state index contributed by atoms with van der Waals surface area (Å²) in [7, 11) is 0. The Morgan fingerprint density at radius 1 is 0.500 bits per heavy atom. The number of benzene rings is 2. The van der Waals surface area contributed by atoms with Crippen LogP contribution in [0.2, 0.25) is 0 Å². The summed E-state index contributed by atoms with van der Waals surface area (Å²) >= 11 is 0. The van der Waals surface area contributed by atoms with Crippen LogP contribution in [0.5, 0.6) is 0 Å². The first-order chi connectivity index (χ1) is 19.0. The van der Waals surface area contributed by atoms with Gasteiger partial charge in [0.2, 0.25) is 0 Å². The summed E-state index contributed by atoms with van der Waals surface area (Å²) in [4.78, 5) is 73.2. The van der Waals surface area contributed by atoms with Crippen molar-refractivity contribution in [1.29, 1.82) is 0 Å². The van der Waals surface area contributed by atoms with Crippen molar-refractivity contribution in [3.8, 4) is 0 Å². The van der Waals surface area contributed by atoms with Gasteiger partial charge in [-0.05, 0) is 24.3 Å². The van der Waals surface area contributed by atoms with E-state index in [-0.39, 0.29) is 11.1 Å². The Balaban J connectivity index is 2.41. The van der Waals surface area contributed by atoms with Crippen molar-refractivity contribution in [2.45, 2.75) is 52.1 Å². The fraction of sp³-hybridized carbons (Fsp3) is 0.357. The molecule has 0 aliphatic heterocycles. The molecule has 0 N–H and O–H groups in total. The highest BCUT2D eigenvalue weighted by Gasteiger charge is 2.44. The summed E-state index contributed by atoms with van der Waals surface area (Å²) in [6.45, 7) is 2.91. The molecule has 0 unspecified atom stereocenters. The Labute approximate surface area is 230 Å². The van der Waals surface area contributed by atoms with Gasteiger partial charge in [0.15, 0.2) is 24.4 Å². The monoisotopic (exact) mass is 558 g/mol. The molecular weight excluding hydrogens is 528 g/mol. The average molecular weight is 559 g/mol. The molecule has 0 spiro atoms. The van der Waals surface area contributed by atoms with Crippen LogP contribution in [-0.2, 0) is 47.6 Å². The third-order valence-electron chi connectivity index (χ3n) is 5.07. The summed E-state index contributed by atoms with van der Waals surface area (Å²) in [6.07, 6.45) is -6.37. The van der Waals surface area contributed by atoms with E-state index < -0.39 is 73.4 Å². The van der Waals surface area contributed by atoms with Crippen molar-refractivity contribution in [1.82, 2.24) is 0 Å². The second-order valence-electron chi connectivity index (χ2n) is 8.37. The molecular formula is C28H30O12. The summed E-state index contributed by atoms with van der Waals surface area (Å²) in [5, 5.41) is 0. The van der Waals surface area contributed by atoms with Gasteiger partial charge in [0.05, 0.1) is 11.1 Å². The van der Waals surface area contributed by atoms with E-state index in [2.05, 4.69) is 0 Å². The zero-order valence-electron chi connectivity index (χ0n) is 22.4. The number of carbonyl (C=O) groups excluding carboxylic acids is 6. The Bertz CT molecular complexity index is 1080. The van der Waals surface area contributed by atoms with Crippen LogP contribution < -0.4 is 0 Å².